The first kappa shape index (κ1) is 10.2. The topological polar surface area (TPSA) is 78.4 Å². The molecule has 0 N–H and O–H groups in total. The second kappa shape index (κ2) is 4.01. The molecule has 0 aliphatic carbocycles. The van der Waals surface area contributed by atoms with Gasteiger partial charge in [0.05, 0.1) is 12.0 Å². The van der Waals surface area contributed by atoms with E-state index in [1.165, 1.54) is 25.5 Å². The van der Waals surface area contributed by atoms with Crippen LogP contribution in [0.15, 0.2) is 35.1 Å². The summed E-state index contributed by atoms with van der Waals surface area (Å²) in [6.07, 6.45) is 1.41. The minimum atomic E-state index is -0.498. The average Bonchev–Trinajstić information content (AvgIpc) is 2.81. The molecule has 2 rings (SSSR count). The predicted octanol–water partition coefficient (Wildman–Crippen LogP) is 2.26. The van der Waals surface area contributed by atoms with Crippen LogP contribution in [0.2, 0.25) is 0 Å². The predicted molar refractivity (Wildman–Crippen MR) is 55.1 cm³/mol. The molecule has 1 heterocycles. The van der Waals surface area contributed by atoms with Gasteiger partial charge in [0.25, 0.3) is 0 Å². The highest BCUT2D eigenvalue weighted by Gasteiger charge is 2.16. The second-order valence-electron chi connectivity index (χ2n) is 3.03. The van der Waals surface area contributed by atoms with E-state index in [0.717, 1.165) is 0 Å². The average molecular weight is 220 g/mol. The highest BCUT2D eigenvalue weighted by atomic mass is 16.6. The number of aromatic nitrogens is 1. The third kappa shape index (κ3) is 1.72. The standard InChI is InChI=1S/C10H8N2O4/c1-15-10-3-2-7(6-9(10)12(13)14)8-4-5-16-11-8/h2-6H,1H3. The number of nitro groups is 1. The Balaban J connectivity index is 2.51. The van der Waals surface area contributed by atoms with Gasteiger partial charge in [0, 0.05) is 17.7 Å². The molecule has 6 nitrogen and oxygen atoms in total. The Kier molecular flexibility index (Phi) is 2.55. The number of nitro benzene ring substituents is 1. The first-order chi connectivity index (χ1) is 7.72. The zero-order valence-electron chi connectivity index (χ0n) is 8.41. The highest BCUT2D eigenvalue weighted by Crippen LogP contribution is 2.31. The Labute approximate surface area is 90.6 Å². The van der Waals surface area contributed by atoms with Crippen molar-refractivity contribution in [1.82, 2.24) is 5.16 Å². The van der Waals surface area contributed by atoms with Gasteiger partial charge in [-0.3, -0.25) is 10.1 Å². The van der Waals surface area contributed by atoms with Gasteiger partial charge in [0.2, 0.25) is 0 Å². The summed E-state index contributed by atoms with van der Waals surface area (Å²) in [5.41, 5.74) is 1.06. The molecule has 1 aromatic heterocycles. The van der Waals surface area contributed by atoms with Gasteiger partial charge in [-0.05, 0) is 12.1 Å². The molecular formula is C10H8N2O4. The van der Waals surface area contributed by atoms with Gasteiger partial charge >= 0.3 is 5.69 Å². The fourth-order valence-electron chi connectivity index (χ4n) is 1.35. The third-order valence-electron chi connectivity index (χ3n) is 2.11. The Morgan fingerprint density at radius 2 is 2.25 bits per heavy atom. The first-order valence-electron chi connectivity index (χ1n) is 4.45. The van der Waals surface area contributed by atoms with E-state index in [1.54, 1.807) is 12.1 Å². The van der Waals surface area contributed by atoms with Crippen molar-refractivity contribution in [3.05, 3.63) is 40.6 Å². The summed E-state index contributed by atoms with van der Waals surface area (Å²) in [6, 6.07) is 6.24. The molecule has 0 aliphatic heterocycles. The van der Waals surface area contributed by atoms with Crippen molar-refractivity contribution in [1.29, 1.82) is 0 Å². The Morgan fingerprint density at radius 1 is 1.44 bits per heavy atom. The van der Waals surface area contributed by atoms with E-state index < -0.39 is 4.92 Å². The number of rotatable bonds is 3. The molecule has 82 valence electrons. The molecule has 1 aromatic carbocycles. The lowest BCUT2D eigenvalue weighted by Crippen LogP contribution is -1.94. The molecule has 0 bridgehead atoms. The Hall–Kier alpha value is -2.37. The summed E-state index contributed by atoms with van der Waals surface area (Å²) in [6.45, 7) is 0. The molecule has 0 amide bonds. The summed E-state index contributed by atoms with van der Waals surface area (Å²) < 4.78 is 9.57. The van der Waals surface area contributed by atoms with Crippen LogP contribution in [-0.2, 0) is 0 Å². The van der Waals surface area contributed by atoms with Crippen LogP contribution in [0.25, 0.3) is 11.3 Å². The van der Waals surface area contributed by atoms with Crippen molar-refractivity contribution in [2.75, 3.05) is 7.11 Å². The third-order valence-corrected chi connectivity index (χ3v) is 2.11. The molecule has 16 heavy (non-hydrogen) atoms. The first-order valence-corrected chi connectivity index (χ1v) is 4.45. The van der Waals surface area contributed by atoms with E-state index in [1.807, 2.05) is 0 Å². The van der Waals surface area contributed by atoms with Crippen LogP contribution in [0.5, 0.6) is 5.75 Å². The van der Waals surface area contributed by atoms with E-state index in [9.17, 15) is 10.1 Å². The molecule has 0 fully saturated rings. The molecule has 0 unspecified atom stereocenters. The highest BCUT2D eigenvalue weighted by molar-refractivity contribution is 5.65. The van der Waals surface area contributed by atoms with Crippen molar-refractivity contribution in [2.45, 2.75) is 0 Å². The maximum absolute atomic E-state index is 10.8. The van der Waals surface area contributed by atoms with Crippen molar-refractivity contribution < 1.29 is 14.2 Å². The molecule has 0 saturated carbocycles. The van der Waals surface area contributed by atoms with Crippen LogP contribution < -0.4 is 4.74 Å². The lowest BCUT2D eigenvalue weighted by atomic mass is 10.1. The van der Waals surface area contributed by atoms with Crippen LogP contribution >= 0.6 is 0 Å². The molecule has 2 aromatic rings. The number of hydrogen-bond donors (Lipinski definition) is 0. The number of nitrogens with zero attached hydrogens (tertiary/aromatic N) is 2. The fourth-order valence-corrected chi connectivity index (χ4v) is 1.35. The lowest BCUT2D eigenvalue weighted by Gasteiger charge is -2.02. The van der Waals surface area contributed by atoms with Gasteiger partial charge in [-0.25, -0.2) is 0 Å². The maximum atomic E-state index is 10.8. The van der Waals surface area contributed by atoms with E-state index in [2.05, 4.69) is 9.68 Å². The summed E-state index contributed by atoms with van der Waals surface area (Å²) in [5, 5.41) is 14.5. The van der Waals surface area contributed by atoms with Gasteiger partial charge in [0.1, 0.15) is 12.0 Å². The van der Waals surface area contributed by atoms with Crippen LogP contribution in [0, 0.1) is 10.1 Å². The normalized spacial score (nSPS) is 10.1. The van der Waals surface area contributed by atoms with Gasteiger partial charge in [0.15, 0.2) is 5.75 Å². The SMILES string of the molecule is COc1ccc(-c2ccon2)cc1[N+](=O)[O-]. The van der Waals surface area contributed by atoms with E-state index in [-0.39, 0.29) is 11.4 Å². The monoisotopic (exact) mass is 220 g/mol. The van der Waals surface area contributed by atoms with E-state index in [0.29, 0.717) is 11.3 Å². The van der Waals surface area contributed by atoms with Gasteiger partial charge in [-0.1, -0.05) is 5.16 Å². The van der Waals surface area contributed by atoms with Crippen molar-refractivity contribution in [3.63, 3.8) is 0 Å². The molecule has 0 spiro atoms. The zero-order chi connectivity index (χ0) is 11.5. The largest absolute Gasteiger partial charge is 0.490 e. The molecule has 0 saturated heterocycles. The Morgan fingerprint density at radius 3 is 2.81 bits per heavy atom. The van der Waals surface area contributed by atoms with Crippen molar-refractivity contribution in [3.8, 4) is 17.0 Å². The quantitative estimate of drug-likeness (QED) is 0.585. The summed E-state index contributed by atoms with van der Waals surface area (Å²) in [4.78, 5) is 10.3. The number of methoxy groups -OCH3 is 1. The fraction of sp³-hybridized carbons (Fsp3) is 0.100. The molecule has 0 atom stereocenters. The smallest absolute Gasteiger partial charge is 0.311 e. The Bertz CT molecular complexity index is 508. The van der Waals surface area contributed by atoms with E-state index >= 15 is 0 Å². The number of hydrogen-bond acceptors (Lipinski definition) is 5. The van der Waals surface area contributed by atoms with Crippen molar-refractivity contribution >= 4 is 5.69 Å². The maximum Gasteiger partial charge on any atom is 0.311 e. The minimum absolute atomic E-state index is 0.0944. The van der Waals surface area contributed by atoms with Crippen LogP contribution in [0.3, 0.4) is 0 Å². The number of ether oxygens (including phenoxy) is 1. The van der Waals surface area contributed by atoms with E-state index in [4.69, 9.17) is 4.74 Å². The minimum Gasteiger partial charge on any atom is -0.490 e. The van der Waals surface area contributed by atoms with Crippen molar-refractivity contribution in [2.24, 2.45) is 0 Å². The molecule has 0 aliphatic rings. The molecular weight excluding hydrogens is 212 g/mol. The zero-order valence-corrected chi connectivity index (χ0v) is 8.41. The van der Waals surface area contributed by atoms with Gasteiger partial charge in [-0.2, -0.15) is 0 Å². The van der Waals surface area contributed by atoms with Crippen LogP contribution in [-0.4, -0.2) is 17.2 Å². The molecule has 6 heteroatoms. The van der Waals surface area contributed by atoms with Crippen LogP contribution in [0.1, 0.15) is 0 Å². The van der Waals surface area contributed by atoms with Gasteiger partial charge in [-0.15, -0.1) is 0 Å². The van der Waals surface area contributed by atoms with Crippen LogP contribution in [0.4, 0.5) is 5.69 Å². The lowest BCUT2D eigenvalue weighted by molar-refractivity contribution is -0.385. The number of benzene rings is 1. The summed E-state index contributed by atoms with van der Waals surface area (Å²) >= 11 is 0. The summed E-state index contributed by atoms with van der Waals surface area (Å²) in [5.74, 6) is 0.220. The van der Waals surface area contributed by atoms with Gasteiger partial charge < -0.3 is 9.26 Å². The summed E-state index contributed by atoms with van der Waals surface area (Å²) in [7, 11) is 1.39. The molecule has 0 radical (unpaired) electrons. The second-order valence-corrected chi connectivity index (χ2v) is 3.03.